The molecular weight excluding hydrogens is 640 g/mol. The third-order valence-electron chi connectivity index (χ3n) is 6.46. The first kappa shape index (κ1) is 32.5. The van der Waals surface area contributed by atoms with Crippen LogP contribution in [0.4, 0.5) is 13.6 Å². The average molecular weight is 661 g/mol. The number of carboxylic acid groups (broad SMARTS) is 1. The van der Waals surface area contributed by atoms with Crippen LogP contribution in [0.25, 0.3) is 0 Å². The van der Waals surface area contributed by atoms with Crippen molar-refractivity contribution in [2.24, 2.45) is 0 Å². The van der Waals surface area contributed by atoms with Gasteiger partial charge in [0, 0.05) is 18.3 Å². The van der Waals surface area contributed by atoms with Crippen LogP contribution in [0, 0.1) is 11.6 Å². The van der Waals surface area contributed by atoms with E-state index in [0.717, 1.165) is 30.6 Å². The predicted molar refractivity (Wildman–Crippen MR) is 143 cm³/mol. The molecule has 0 spiro atoms. The third kappa shape index (κ3) is 6.28. The largest absolute Gasteiger partial charge is 0.668 e. The number of carbonyl (C=O) groups is 3. The lowest BCUT2D eigenvalue weighted by molar-refractivity contribution is -0.123. The summed E-state index contributed by atoms with van der Waals surface area (Å²) < 4.78 is 69.3. The van der Waals surface area contributed by atoms with Crippen molar-refractivity contribution in [1.82, 2.24) is 19.2 Å². The van der Waals surface area contributed by atoms with Crippen molar-refractivity contribution in [3.8, 4) is 5.75 Å². The van der Waals surface area contributed by atoms with Gasteiger partial charge in [-0.3, -0.25) is 9.36 Å². The maximum atomic E-state index is 14.7. The summed E-state index contributed by atoms with van der Waals surface area (Å²) in [5, 5.41) is 33.5. The van der Waals surface area contributed by atoms with Crippen LogP contribution in [0.1, 0.15) is 27.5 Å². The fourth-order valence-corrected chi connectivity index (χ4v) is 5.63. The topological polar surface area (TPSA) is 264 Å². The highest BCUT2D eigenvalue weighted by molar-refractivity contribution is 7.89. The lowest BCUT2D eigenvalue weighted by Gasteiger charge is -2.44. The fraction of sp³-hybridized carbons (Fsp3) is 0.182. The molecule has 1 aliphatic heterocycles. The Bertz CT molecular complexity index is 1920. The molecule has 0 radical (unpaired) electrons. The van der Waals surface area contributed by atoms with Crippen molar-refractivity contribution in [2.75, 3.05) is 6.26 Å². The maximum absolute atomic E-state index is 14.7. The molecule has 0 unspecified atom stereocenters. The number of benzene rings is 2. The Morgan fingerprint density at radius 1 is 1.11 bits per heavy atom. The van der Waals surface area contributed by atoms with Crippen LogP contribution in [-0.2, 0) is 25.8 Å². The number of carbonyl (C=O) groups excluding carboxylic acids is 2. The molecule has 0 aliphatic carbocycles. The Morgan fingerprint density at radius 2 is 1.77 bits per heavy atom. The van der Waals surface area contributed by atoms with Gasteiger partial charge in [-0.2, -0.15) is 3.97 Å². The van der Waals surface area contributed by atoms with Gasteiger partial charge in [0.1, 0.15) is 23.2 Å². The van der Waals surface area contributed by atoms with Gasteiger partial charge in [-0.05, 0) is 35.7 Å². The zero-order valence-electron chi connectivity index (χ0n) is 22.0. The second kappa shape index (κ2) is 11.3. The lowest BCUT2D eigenvalue weighted by atomic mass is 9.64. The van der Waals surface area contributed by atoms with E-state index in [4.69, 9.17) is 4.65 Å². The molecule has 0 bridgehead atoms. The van der Waals surface area contributed by atoms with E-state index in [1.165, 1.54) is 0 Å². The van der Waals surface area contributed by atoms with Crippen LogP contribution in [0.5, 0.6) is 5.75 Å². The molecule has 236 valence electrons. The van der Waals surface area contributed by atoms with E-state index >= 15 is 0 Å². The SMILES string of the molecule is CS(=O)(=O)n1ccn(C(=O)N[C@@H](C(=O)N[C@H]2Cc3ccc(F)c(C(=O)O)c3O[B-]2(O)O)c2ccc(P(=O)(O)O)c(F)c2)c1=O. The van der Waals surface area contributed by atoms with E-state index < -0.39 is 100 Å². The van der Waals surface area contributed by atoms with Crippen LogP contribution in [0.15, 0.2) is 47.5 Å². The van der Waals surface area contributed by atoms with Crippen LogP contribution in [0.2, 0.25) is 0 Å². The van der Waals surface area contributed by atoms with E-state index in [1.807, 2.05) is 5.32 Å². The quantitative estimate of drug-likeness (QED) is 0.108. The summed E-state index contributed by atoms with van der Waals surface area (Å²) in [6.07, 6.45) is 1.55. The summed E-state index contributed by atoms with van der Waals surface area (Å²) in [7, 11) is -9.30. The number of fused-ring (bicyclic) bond motifs is 1. The monoisotopic (exact) mass is 661 g/mol. The molecule has 1 aromatic heterocycles. The molecule has 2 heterocycles. The van der Waals surface area contributed by atoms with E-state index in [0.29, 0.717) is 18.4 Å². The molecule has 22 heteroatoms. The summed E-state index contributed by atoms with van der Waals surface area (Å²) in [5.74, 6) is -8.42. The van der Waals surface area contributed by atoms with Gasteiger partial charge in [0.2, 0.25) is 15.9 Å². The number of rotatable bonds is 7. The summed E-state index contributed by atoms with van der Waals surface area (Å²) in [6, 6.07) is 0.231. The van der Waals surface area contributed by atoms with Crippen molar-refractivity contribution in [1.29, 1.82) is 0 Å². The highest BCUT2D eigenvalue weighted by atomic mass is 32.2. The van der Waals surface area contributed by atoms with E-state index in [1.54, 1.807) is 0 Å². The van der Waals surface area contributed by atoms with Gasteiger partial charge in [-0.1, -0.05) is 12.1 Å². The molecule has 4 rings (SSSR count). The second-order valence-corrected chi connectivity index (χ2v) is 13.0. The highest BCUT2D eigenvalue weighted by Crippen LogP contribution is 2.36. The molecule has 0 saturated carbocycles. The number of hydrogen-bond donors (Lipinski definition) is 7. The number of amides is 2. The van der Waals surface area contributed by atoms with E-state index in [9.17, 15) is 65.9 Å². The molecule has 0 saturated heterocycles. The molecule has 2 atom stereocenters. The number of hydrogen-bond acceptors (Lipinski definition) is 10. The number of halogens is 2. The van der Waals surface area contributed by atoms with E-state index in [-0.39, 0.29) is 14.1 Å². The molecule has 3 aromatic rings. The first-order chi connectivity index (χ1) is 20.2. The summed E-state index contributed by atoms with van der Waals surface area (Å²) in [5.41, 5.74) is -2.97. The standard InChI is InChI=1S/C22H21BF2N4O13PS/c1-44(40,41)29-7-6-28(22(29)34)21(33)27-17(10-3-5-14(13(25)8-10)43(37,38)39)19(30)26-15-9-11-2-4-12(24)16(20(31)32)18(11)42-23(15,35)36/h2-8,15,17,35-36H,9H2,1H3,(H,26,30)(H,27,33)(H,31,32)(H2,37,38,39)/q-1/t15-,17+/m0/s1. The summed E-state index contributed by atoms with van der Waals surface area (Å²) in [4.78, 5) is 69.0. The predicted octanol–water partition coefficient (Wildman–Crippen LogP) is -1.88. The Kier molecular flexibility index (Phi) is 8.33. The summed E-state index contributed by atoms with van der Waals surface area (Å²) >= 11 is 0. The fourth-order valence-electron chi connectivity index (χ4n) is 4.37. The van der Waals surface area contributed by atoms with Crippen molar-refractivity contribution in [3.05, 3.63) is 81.5 Å². The first-order valence-corrected chi connectivity index (χ1v) is 15.5. The van der Waals surface area contributed by atoms with Gasteiger partial charge < -0.3 is 40.2 Å². The van der Waals surface area contributed by atoms with Crippen molar-refractivity contribution in [2.45, 2.75) is 18.4 Å². The van der Waals surface area contributed by atoms with Crippen molar-refractivity contribution >= 4 is 47.6 Å². The average Bonchev–Trinajstić information content (AvgIpc) is 3.28. The van der Waals surface area contributed by atoms with Crippen LogP contribution >= 0.6 is 7.60 Å². The lowest BCUT2D eigenvalue weighted by Crippen LogP contribution is -2.65. The Balaban J connectivity index is 1.72. The highest BCUT2D eigenvalue weighted by Gasteiger charge is 2.43. The molecule has 17 nitrogen and oxygen atoms in total. The van der Waals surface area contributed by atoms with Crippen LogP contribution < -0.4 is 26.3 Å². The van der Waals surface area contributed by atoms with Gasteiger partial charge in [-0.25, -0.2) is 36.1 Å². The van der Waals surface area contributed by atoms with Crippen molar-refractivity contribution in [3.63, 3.8) is 0 Å². The normalized spacial score (nSPS) is 16.8. The Labute approximate surface area is 244 Å². The zero-order chi connectivity index (χ0) is 32.9. The van der Waals surface area contributed by atoms with Gasteiger partial charge in [-0.15, -0.1) is 0 Å². The number of imidazole rings is 1. The molecule has 7 N–H and O–H groups in total. The second-order valence-electron chi connectivity index (χ2n) is 9.56. The molecule has 1 aliphatic rings. The Morgan fingerprint density at radius 3 is 2.32 bits per heavy atom. The molecule has 0 fully saturated rings. The number of nitrogens with zero attached hydrogens (tertiary/aromatic N) is 2. The summed E-state index contributed by atoms with van der Waals surface area (Å²) in [6.45, 7) is -4.17. The number of aromatic nitrogens is 2. The van der Waals surface area contributed by atoms with Gasteiger partial charge in [0.15, 0.2) is 0 Å². The minimum atomic E-state index is -5.13. The minimum Gasteiger partial charge on any atom is -0.668 e. The number of nitrogens with one attached hydrogen (secondary N) is 2. The molecule has 2 aromatic carbocycles. The van der Waals surface area contributed by atoms with E-state index in [2.05, 4.69) is 5.32 Å². The van der Waals surface area contributed by atoms with Crippen LogP contribution in [-0.4, -0.2) is 78.8 Å². The zero-order valence-corrected chi connectivity index (χ0v) is 23.7. The molecule has 2 amide bonds. The smallest absolute Gasteiger partial charge is 0.452 e. The van der Waals surface area contributed by atoms with Crippen molar-refractivity contribution < 1.29 is 65.7 Å². The Hall–Kier alpha value is -4.40. The van der Waals surface area contributed by atoms with Crippen LogP contribution in [0.3, 0.4) is 0 Å². The number of aromatic carboxylic acids is 1. The first-order valence-electron chi connectivity index (χ1n) is 12.0. The molecule has 44 heavy (non-hydrogen) atoms. The molecular formula is C22H21BF2N4O13PS-. The third-order valence-corrected chi connectivity index (χ3v) is 8.44. The number of carboxylic acids is 1. The van der Waals surface area contributed by atoms with Gasteiger partial charge in [0.25, 0.3) is 0 Å². The van der Waals surface area contributed by atoms with Gasteiger partial charge >= 0.3 is 32.0 Å². The minimum absolute atomic E-state index is 0.0824. The maximum Gasteiger partial charge on any atom is 0.452 e. The van der Waals surface area contributed by atoms with Gasteiger partial charge in [0.05, 0.1) is 17.3 Å².